The van der Waals surface area contributed by atoms with Crippen LogP contribution >= 0.6 is 0 Å². The van der Waals surface area contributed by atoms with Crippen molar-refractivity contribution in [2.45, 2.75) is 18.0 Å². The molecule has 0 N–H and O–H groups in total. The van der Waals surface area contributed by atoms with Crippen molar-refractivity contribution >= 4 is 6.08 Å². The van der Waals surface area contributed by atoms with Crippen molar-refractivity contribution in [1.29, 1.82) is 0 Å². The molecule has 0 amide bonds. The van der Waals surface area contributed by atoms with Gasteiger partial charge in [-0.1, -0.05) is 36.4 Å². The molecule has 0 aliphatic carbocycles. The number of alkyl halides is 7. The topological polar surface area (TPSA) is 0 Å². The molecular weight excluding hydrogens is 265 g/mol. The molecule has 0 aliphatic rings. The van der Waals surface area contributed by atoms with Gasteiger partial charge in [-0.05, 0) is 11.6 Å². The highest BCUT2D eigenvalue weighted by atomic mass is 19.4. The van der Waals surface area contributed by atoms with Crippen LogP contribution in [0, 0.1) is 0 Å². The first-order valence-electron chi connectivity index (χ1n) is 4.64. The lowest BCUT2D eigenvalue weighted by Gasteiger charge is -2.25. The predicted molar refractivity (Wildman–Crippen MR) is 51.4 cm³/mol. The second kappa shape index (κ2) is 4.62. The SMILES string of the molecule is FC(F)(F)C(F)(F)C(F)(F)/C=C\c1ccccc1. The second-order valence-electron chi connectivity index (χ2n) is 3.44. The van der Waals surface area contributed by atoms with Crippen LogP contribution in [0.2, 0.25) is 0 Å². The fourth-order valence-electron chi connectivity index (χ4n) is 1.06. The van der Waals surface area contributed by atoms with Gasteiger partial charge in [-0.25, -0.2) is 0 Å². The van der Waals surface area contributed by atoms with Gasteiger partial charge < -0.3 is 0 Å². The molecule has 1 aromatic carbocycles. The van der Waals surface area contributed by atoms with Crippen LogP contribution in [0.3, 0.4) is 0 Å². The quantitative estimate of drug-likeness (QED) is 0.709. The summed E-state index contributed by atoms with van der Waals surface area (Å²) in [4.78, 5) is 0. The molecule has 1 aromatic rings. The standard InChI is InChI=1S/C11H7F7/c12-9(13,10(14,15)11(16,17)18)7-6-8-4-2-1-3-5-8/h1-7H/b7-6-. The molecule has 0 saturated heterocycles. The zero-order chi connectivity index (χ0) is 14.0. The molecule has 100 valence electrons. The van der Waals surface area contributed by atoms with E-state index in [4.69, 9.17) is 0 Å². The van der Waals surface area contributed by atoms with Crippen molar-refractivity contribution in [2.24, 2.45) is 0 Å². The fraction of sp³-hybridized carbons (Fsp3) is 0.273. The number of benzene rings is 1. The van der Waals surface area contributed by atoms with Crippen LogP contribution in [0.25, 0.3) is 6.08 Å². The maximum absolute atomic E-state index is 12.8. The summed E-state index contributed by atoms with van der Waals surface area (Å²) >= 11 is 0. The van der Waals surface area contributed by atoms with E-state index in [1.165, 1.54) is 24.3 Å². The Bertz CT molecular complexity index is 417. The van der Waals surface area contributed by atoms with E-state index in [0.29, 0.717) is 6.08 Å². The van der Waals surface area contributed by atoms with Gasteiger partial charge >= 0.3 is 18.0 Å². The summed E-state index contributed by atoms with van der Waals surface area (Å²) in [5, 5.41) is 0. The molecule has 0 unspecified atom stereocenters. The van der Waals surface area contributed by atoms with Crippen LogP contribution in [0.4, 0.5) is 30.7 Å². The minimum Gasteiger partial charge on any atom is -0.195 e. The lowest BCUT2D eigenvalue weighted by molar-refractivity contribution is -0.341. The highest BCUT2D eigenvalue weighted by Gasteiger charge is 2.71. The first-order chi connectivity index (χ1) is 8.08. The number of allylic oxidation sites excluding steroid dienone is 1. The Balaban J connectivity index is 2.98. The average molecular weight is 272 g/mol. The monoisotopic (exact) mass is 272 g/mol. The third-order valence-corrected chi connectivity index (χ3v) is 2.06. The number of hydrogen-bond acceptors (Lipinski definition) is 0. The van der Waals surface area contributed by atoms with Crippen molar-refractivity contribution < 1.29 is 30.7 Å². The van der Waals surface area contributed by atoms with Crippen LogP contribution in [0.1, 0.15) is 5.56 Å². The number of rotatable bonds is 3. The molecule has 1 rings (SSSR count). The van der Waals surface area contributed by atoms with Gasteiger partial charge in [0, 0.05) is 0 Å². The molecule has 0 radical (unpaired) electrons. The van der Waals surface area contributed by atoms with Crippen LogP contribution in [0.15, 0.2) is 36.4 Å². The largest absolute Gasteiger partial charge is 0.460 e. The molecule has 0 spiro atoms. The Morgan fingerprint density at radius 2 is 1.28 bits per heavy atom. The Morgan fingerprint density at radius 3 is 1.72 bits per heavy atom. The van der Waals surface area contributed by atoms with Gasteiger partial charge in [0.2, 0.25) is 0 Å². The molecule has 7 heteroatoms. The van der Waals surface area contributed by atoms with Gasteiger partial charge in [-0.2, -0.15) is 30.7 Å². The summed E-state index contributed by atoms with van der Waals surface area (Å²) in [6, 6.07) is 6.98. The van der Waals surface area contributed by atoms with Crippen LogP contribution in [-0.2, 0) is 0 Å². The van der Waals surface area contributed by atoms with E-state index in [2.05, 4.69) is 0 Å². The average Bonchev–Trinajstić information content (AvgIpc) is 2.26. The van der Waals surface area contributed by atoms with Gasteiger partial charge in [-0.15, -0.1) is 0 Å². The maximum atomic E-state index is 12.8. The predicted octanol–water partition coefficient (Wildman–Crippen LogP) is 4.53. The minimum atomic E-state index is -6.31. The first-order valence-corrected chi connectivity index (χ1v) is 4.64. The van der Waals surface area contributed by atoms with Crippen LogP contribution < -0.4 is 0 Å². The minimum absolute atomic E-state index is 0.0927. The molecule has 0 aliphatic heterocycles. The summed E-state index contributed by atoms with van der Waals surface area (Å²) in [5.74, 6) is -11.4. The highest BCUT2D eigenvalue weighted by Crippen LogP contribution is 2.47. The molecule has 0 fully saturated rings. The van der Waals surface area contributed by atoms with Crippen LogP contribution in [0.5, 0.6) is 0 Å². The van der Waals surface area contributed by atoms with E-state index in [-0.39, 0.29) is 5.56 Å². The van der Waals surface area contributed by atoms with E-state index in [0.717, 1.165) is 0 Å². The molecule has 0 nitrogen and oxygen atoms in total. The molecule has 0 atom stereocenters. The summed E-state index contributed by atoms with van der Waals surface area (Å²) in [6.45, 7) is 0. The molecule has 0 aromatic heterocycles. The second-order valence-corrected chi connectivity index (χ2v) is 3.44. The van der Waals surface area contributed by atoms with E-state index < -0.39 is 24.1 Å². The van der Waals surface area contributed by atoms with Crippen molar-refractivity contribution in [3.63, 3.8) is 0 Å². The third kappa shape index (κ3) is 2.83. The van der Waals surface area contributed by atoms with Gasteiger partial charge in [0.05, 0.1) is 0 Å². The van der Waals surface area contributed by atoms with Gasteiger partial charge in [-0.3, -0.25) is 0 Å². The summed E-state index contributed by atoms with van der Waals surface area (Å²) in [7, 11) is 0. The van der Waals surface area contributed by atoms with Gasteiger partial charge in [0.1, 0.15) is 0 Å². The Labute approximate surface area is 97.7 Å². The maximum Gasteiger partial charge on any atom is 0.460 e. The summed E-state index contributed by atoms with van der Waals surface area (Å²) in [6.07, 6.45) is -6.24. The molecule has 0 saturated carbocycles. The molecular formula is C11H7F7. The normalized spacial score (nSPS) is 14.2. The van der Waals surface area contributed by atoms with Crippen LogP contribution in [-0.4, -0.2) is 18.0 Å². The fourth-order valence-corrected chi connectivity index (χ4v) is 1.06. The summed E-state index contributed by atoms with van der Waals surface area (Å²) in [5.41, 5.74) is 0.0927. The lowest BCUT2D eigenvalue weighted by atomic mass is 10.1. The van der Waals surface area contributed by atoms with Crippen molar-refractivity contribution in [2.75, 3.05) is 0 Å². The highest BCUT2D eigenvalue weighted by molar-refractivity contribution is 5.50. The van der Waals surface area contributed by atoms with E-state index >= 15 is 0 Å². The molecule has 0 bridgehead atoms. The first kappa shape index (κ1) is 14.5. The van der Waals surface area contributed by atoms with E-state index in [1.54, 1.807) is 6.07 Å². The third-order valence-electron chi connectivity index (χ3n) is 2.06. The lowest BCUT2D eigenvalue weighted by Crippen LogP contribution is -2.50. The Kier molecular flexibility index (Phi) is 3.73. The van der Waals surface area contributed by atoms with Gasteiger partial charge in [0.15, 0.2) is 0 Å². The van der Waals surface area contributed by atoms with Crippen molar-refractivity contribution in [3.05, 3.63) is 42.0 Å². The van der Waals surface area contributed by atoms with Gasteiger partial charge in [0.25, 0.3) is 0 Å². The molecule has 0 heterocycles. The zero-order valence-electron chi connectivity index (χ0n) is 8.69. The molecule has 18 heavy (non-hydrogen) atoms. The number of halogens is 7. The number of hydrogen-bond donors (Lipinski definition) is 0. The van der Waals surface area contributed by atoms with E-state index in [1.807, 2.05) is 0 Å². The van der Waals surface area contributed by atoms with Crippen molar-refractivity contribution in [3.8, 4) is 0 Å². The van der Waals surface area contributed by atoms with E-state index in [9.17, 15) is 30.7 Å². The smallest absolute Gasteiger partial charge is 0.195 e. The zero-order valence-corrected chi connectivity index (χ0v) is 8.69. The van der Waals surface area contributed by atoms with Crippen molar-refractivity contribution in [1.82, 2.24) is 0 Å². The Hall–Kier alpha value is -1.53. The Morgan fingerprint density at radius 1 is 0.778 bits per heavy atom. The summed E-state index contributed by atoms with van der Waals surface area (Å²) < 4.78 is 86.0.